The summed E-state index contributed by atoms with van der Waals surface area (Å²) < 4.78 is 8.43. The molecule has 0 N–H and O–H groups in total. The predicted octanol–water partition coefficient (Wildman–Crippen LogP) is 1.80. The van der Waals surface area contributed by atoms with Crippen molar-refractivity contribution in [2.24, 2.45) is 0 Å². The summed E-state index contributed by atoms with van der Waals surface area (Å²) in [4.78, 5) is 0. The van der Waals surface area contributed by atoms with E-state index < -0.39 is 0 Å². The zero-order chi connectivity index (χ0) is 17.1. The lowest BCUT2D eigenvalue weighted by atomic mass is 10.3. The molecule has 4 aromatic rings. The van der Waals surface area contributed by atoms with E-state index in [1.54, 1.807) is 16.5 Å². The minimum atomic E-state index is 0.553. The van der Waals surface area contributed by atoms with Crippen LogP contribution >= 0.6 is 11.8 Å². The molecule has 0 bridgehead atoms. The first-order valence-electron chi connectivity index (χ1n) is 7.29. The number of hydrogen-bond acceptors (Lipinski definition) is 8. The highest BCUT2D eigenvalue weighted by molar-refractivity contribution is 7.99. The van der Waals surface area contributed by atoms with Gasteiger partial charge in [0.2, 0.25) is 10.3 Å². The van der Waals surface area contributed by atoms with E-state index in [2.05, 4.69) is 31.1 Å². The topological polar surface area (TPSA) is 96.4 Å². The second-order valence-corrected chi connectivity index (χ2v) is 5.82. The van der Waals surface area contributed by atoms with Gasteiger partial charge in [0.05, 0.1) is 18.5 Å². The first kappa shape index (κ1) is 15.3. The van der Waals surface area contributed by atoms with Crippen LogP contribution in [-0.2, 0) is 0 Å². The summed E-state index contributed by atoms with van der Waals surface area (Å²) >= 11 is 1.28. The van der Waals surface area contributed by atoms with Crippen LogP contribution in [0.3, 0.4) is 0 Å². The van der Waals surface area contributed by atoms with Crippen molar-refractivity contribution in [2.45, 2.75) is 10.3 Å². The molecule has 124 valence electrons. The number of rotatable bonds is 5. The minimum Gasteiger partial charge on any atom is -0.497 e. The normalized spacial score (nSPS) is 10.8. The summed E-state index contributed by atoms with van der Waals surface area (Å²) in [5, 5.41) is 24.8. The highest BCUT2D eigenvalue weighted by Gasteiger charge is 2.16. The van der Waals surface area contributed by atoms with Gasteiger partial charge in [-0.25, -0.2) is 0 Å². The van der Waals surface area contributed by atoms with Gasteiger partial charge in [-0.3, -0.25) is 0 Å². The number of benzene rings is 2. The molecule has 0 spiro atoms. The maximum absolute atomic E-state index is 5.17. The van der Waals surface area contributed by atoms with Gasteiger partial charge in [-0.2, -0.15) is 9.36 Å². The van der Waals surface area contributed by atoms with Crippen molar-refractivity contribution in [1.82, 2.24) is 40.4 Å². The van der Waals surface area contributed by atoms with Crippen molar-refractivity contribution in [2.75, 3.05) is 7.11 Å². The first-order chi connectivity index (χ1) is 12.3. The molecule has 10 heteroatoms. The molecule has 0 fully saturated rings. The summed E-state index contributed by atoms with van der Waals surface area (Å²) in [6.45, 7) is 0. The third-order valence-electron chi connectivity index (χ3n) is 3.38. The Morgan fingerprint density at radius 2 is 1.32 bits per heavy atom. The van der Waals surface area contributed by atoms with Gasteiger partial charge in [0.1, 0.15) is 5.75 Å². The molecule has 2 heterocycles. The second-order valence-electron chi connectivity index (χ2n) is 4.88. The highest BCUT2D eigenvalue weighted by atomic mass is 32.2. The molecule has 2 aromatic heterocycles. The summed E-state index contributed by atoms with van der Waals surface area (Å²) in [7, 11) is 1.62. The fourth-order valence-electron chi connectivity index (χ4n) is 2.18. The van der Waals surface area contributed by atoms with Crippen LogP contribution in [0.25, 0.3) is 11.4 Å². The van der Waals surface area contributed by atoms with Crippen molar-refractivity contribution in [3.63, 3.8) is 0 Å². The van der Waals surface area contributed by atoms with Gasteiger partial charge >= 0.3 is 0 Å². The van der Waals surface area contributed by atoms with Crippen LogP contribution in [0.5, 0.6) is 5.75 Å². The Balaban J connectivity index is 1.65. The summed E-state index contributed by atoms with van der Waals surface area (Å²) in [6, 6.07) is 17.1. The fourth-order valence-corrected chi connectivity index (χ4v) is 2.96. The number of tetrazole rings is 2. The van der Waals surface area contributed by atoms with Crippen LogP contribution in [0, 0.1) is 0 Å². The standard InChI is InChI=1S/C15H12N8OS/c1-24-13-9-7-12(8-10-13)23-15(17-19-21-23)25-14-16-18-20-22(14)11-5-3-2-4-6-11/h2-10H,1H3. The number of ether oxygens (including phenoxy) is 1. The Hall–Kier alpha value is -3.27. The molecule has 0 saturated carbocycles. The Labute approximate surface area is 146 Å². The monoisotopic (exact) mass is 352 g/mol. The van der Waals surface area contributed by atoms with E-state index >= 15 is 0 Å². The number of nitrogens with zero attached hydrogens (tertiary/aromatic N) is 8. The number of para-hydroxylation sites is 1. The van der Waals surface area contributed by atoms with Crippen molar-refractivity contribution in [3.05, 3.63) is 54.6 Å². The van der Waals surface area contributed by atoms with E-state index in [0.29, 0.717) is 10.3 Å². The minimum absolute atomic E-state index is 0.553. The molecule has 0 aliphatic heterocycles. The molecule has 4 rings (SSSR count). The van der Waals surface area contributed by atoms with Crippen molar-refractivity contribution >= 4 is 11.8 Å². The molecule has 25 heavy (non-hydrogen) atoms. The lowest BCUT2D eigenvalue weighted by Gasteiger charge is -2.06. The Kier molecular flexibility index (Phi) is 4.09. The fraction of sp³-hybridized carbons (Fsp3) is 0.0667. The van der Waals surface area contributed by atoms with Crippen LogP contribution < -0.4 is 4.74 Å². The van der Waals surface area contributed by atoms with Gasteiger partial charge in [0.25, 0.3) is 0 Å². The molecule has 0 unspecified atom stereocenters. The molecule has 0 saturated heterocycles. The molecule has 0 radical (unpaired) electrons. The number of hydrogen-bond donors (Lipinski definition) is 0. The van der Waals surface area contributed by atoms with Gasteiger partial charge in [-0.1, -0.05) is 18.2 Å². The van der Waals surface area contributed by atoms with Gasteiger partial charge in [0.15, 0.2) is 0 Å². The van der Waals surface area contributed by atoms with Crippen molar-refractivity contribution in [3.8, 4) is 17.1 Å². The quantitative estimate of drug-likeness (QED) is 0.536. The van der Waals surface area contributed by atoms with E-state index in [0.717, 1.165) is 17.1 Å². The second kappa shape index (κ2) is 6.69. The Morgan fingerprint density at radius 3 is 1.88 bits per heavy atom. The average Bonchev–Trinajstić information content (AvgIpc) is 3.32. The predicted molar refractivity (Wildman–Crippen MR) is 89.0 cm³/mol. The maximum Gasteiger partial charge on any atom is 0.221 e. The molecular weight excluding hydrogens is 340 g/mol. The first-order valence-corrected chi connectivity index (χ1v) is 8.11. The SMILES string of the molecule is COc1ccc(-n2nnnc2Sc2nnnn2-c2ccccc2)cc1. The van der Waals surface area contributed by atoms with Gasteiger partial charge in [-0.15, -0.1) is 10.2 Å². The number of aromatic nitrogens is 8. The zero-order valence-electron chi connectivity index (χ0n) is 13.1. The largest absolute Gasteiger partial charge is 0.497 e. The third-order valence-corrected chi connectivity index (χ3v) is 4.26. The lowest BCUT2D eigenvalue weighted by molar-refractivity contribution is 0.414. The Morgan fingerprint density at radius 1 is 0.760 bits per heavy atom. The van der Waals surface area contributed by atoms with E-state index in [1.165, 1.54) is 11.8 Å². The van der Waals surface area contributed by atoms with Crippen LogP contribution in [0.2, 0.25) is 0 Å². The summed E-state index contributed by atoms with van der Waals surface area (Å²) in [5.74, 6) is 0.763. The van der Waals surface area contributed by atoms with Gasteiger partial charge in [-0.05, 0) is 69.0 Å². The van der Waals surface area contributed by atoms with Crippen molar-refractivity contribution in [1.29, 1.82) is 0 Å². The molecule has 0 atom stereocenters. The Bertz CT molecular complexity index is 967. The molecular formula is C15H12N8OS. The van der Waals surface area contributed by atoms with Crippen molar-refractivity contribution < 1.29 is 4.74 Å². The van der Waals surface area contributed by atoms with E-state index in [-0.39, 0.29) is 0 Å². The summed E-state index contributed by atoms with van der Waals surface area (Å²) in [5.41, 5.74) is 1.67. The van der Waals surface area contributed by atoms with Crippen LogP contribution in [0.15, 0.2) is 64.9 Å². The van der Waals surface area contributed by atoms with E-state index in [9.17, 15) is 0 Å². The molecule has 0 aliphatic carbocycles. The molecule has 2 aromatic carbocycles. The average molecular weight is 352 g/mol. The van der Waals surface area contributed by atoms with E-state index in [4.69, 9.17) is 4.74 Å². The number of methoxy groups -OCH3 is 1. The summed E-state index contributed by atoms with van der Waals surface area (Å²) in [6.07, 6.45) is 0. The molecule has 0 amide bonds. The van der Waals surface area contributed by atoms with E-state index in [1.807, 2.05) is 54.6 Å². The molecule has 9 nitrogen and oxygen atoms in total. The van der Waals surface area contributed by atoms with Crippen LogP contribution in [0.4, 0.5) is 0 Å². The molecule has 0 aliphatic rings. The van der Waals surface area contributed by atoms with Crippen LogP contribution in [0.1, 0.15) is 0 Å². The van der Waals surface area contributed by atoms with Gasteiger partial charge in [0, 0.05) is 0 Å². The van der Waals surface area contributed by atoms with Gasteiger partial charge < -0.3 is 4.74 Å². The smallest absolute Gasteiger partial charge is 0.221 e. The zero-order valence-corrected chi connectivity index (χ0v) is 13.9. The maximum atomic E-state index is 5.17. The third kappa shape index (κ3) is 3.06. The van der Waals surface area contributed by atoms with Crippen LogP contribution in [-0.4, -0.2) is 47.5 Å². The highest BCUT2D eigenvalue weighted by Crippen LogP contribution is 2.26. The lowest BCUT2D eigenvalue weighted by Crippen LogP contribution is -2.02.